The third-order valence-corrected chi connectivity index (χ3v) is 2.29. The molecular formula is C11H15ClN2. The monoisotopic (exact) mass is 210 g/mol. The third-order valence-electron chi connectivity index (χ3n) is 2.07. The summed E-state index contributed by atoms with van der Waals surface area (Å²) in [6, 6.07) is 6.00. The lowest BCUT2D eigenvalue weighted by Gasteiger charge is -2.15. The lowest BCUT2D eigenvalue weighted by atomic mass is 10.0. The second kappa shape index (κ2) is 5.15. The van der Waals surface area contributed by atoms with Crippen LogP contribution in [0.1, 0.15) is 23.6 Å². The molecule has 76 valence electrons. The summed E-state index contributed by atoms with van der Waals surface area (Å²) in [7, 11) is 0. The predicted molar refractivity (Wildman–Crippen MR) is 61.1 cm³/mol. The van der Waals surface area contributed by atoms with E-state index in [2.05, 4.69) is 18.1 Å². The quantitative estimate of drug-likeness (QED) is 0.456. The summed E-state index contributed by atoms with van der Waals surface area (Å²) in [4.78, 5) is 0. The van der Waals surface area contributed by atoms with Gasteiger partial charge in [-0.25, -0.2) is 0 Å². The molecular weight excluding hydrogens is 196 g/mol. The summed E-state index contributed by atoms with van der Waals surface area (Å²) in [6.45, 7) is 5.70. The molecule has 1 aromatic rings. The standard InChI is InChI=1S/C11H15ClN2/c1-3-4-11(14-13)9-5-8(2)6-10(12)7-9/h3,5-7,11,14H,1,4,13H2,2H3. The molecule has 0 spiro atoms. The molecule has 0 radical (unpaired) electrons. The summed E-state index contributed by atoms with van der Waals surface area (Å²) in [5, 5.41) is 0.740. The summed E-state index contributed by atoms with van der Waals surface area (Å²) < 4.78 is 0. The third kappa shape index (κ3) is 2.84. The van der Waals surface area contributed by atoms with Gasteiger partial charge in [-0.1, -0.05) is 23.7 Å². The van der Waals surface area contributed by atoms with E-state index in [1.807, 2.05) is 25.1 Å². The van der Waals surface area contributed by atoms with Crippen molar-refractivity contribution in [1.29, 1.82) is 0 Å². The number of nitrogens with two attached hydrogens (primary N) is 1. The molecule has 0 saturated carbocycles. The van der Waals surface area contributed by atoms with Crippen molar-refractivity contribution in [3.05, 3.63) is 47.0 Å². The van der Waals surface area contributed by atoms with Gasteiger partial charge >= 0.3 is 0 Å². The highest BCUT2D eigenvalue weighted by molar-refractivity contribution is 6.30. The van der Waals surface area contributed by atoms with Gasteiger partial charge in [0.05, 0.1) is 0 Å². The van der Waals surface area contributed by atoms with E-state index in [0.29, 0.717) is 0 Å². The van der Waals surface area contributed by atoms with E-state index in [0.717, 1.165) is 22.6 Å². The van der Waals surface area contributed by atoms with Gasteiger partial charge < -0.3 is 0 Å². The van der Waals surface area contributed by atoms with Crippen LogP contribution in [0.5, 0.6) is 0 Å². The number of benzene rings is 1. The number of hydrogen-bond donors (Lipinski definition) is 2. The summed E-state index contributed by atoms with van der Waals surface area (Å²) in [5.74, 6) is 5.45. The molecule has 0 fully saturated rings. The SMILES string of the molecule is C=CCC(NN)c1cc(C)cc(Cl)c1. The molecule has 0 aliphatic heterocycles. The van der Waals surface area contributed by atoms with Gasteiger partial charge in [-0.3, -0.25) is 11.3 Å². The van der Waals surface area contributed by atoms with E-state index in [-0.39, 0.29) is 6.04 Å². The van der Waals surface area contributed by atoms with E-state index in [1.54, 1.807) is 0 Å². The Kier molecular flexibility index (Phi) is 4.14. The van der Waals surface area contributed by atoms with Crippen LogP contribution < -0.4 is 11.3 Å². The van der Waals surface area contributed by atoms with Crippen LogP contribution in [0.4, 0.5) is 0 Å². The van der Waals surface area contributed by atoms with E-state index >= 15 is 0 Å². The van der Waals surface area contributed by atoms with Crippen LogP contribution >= 0.6 is 11.6 Å². The summed E-state index contributed by atoms with van der Waals surface area (Å²) >= 11 is 5.96. The first-order valence-corrected chi connectivity index (χ1v) is 4.89. The first-order valence-electron chi connectivity index (χ1n) is 4.51. The maximum atomic E-state index is 5.96. The summed E-state index contributed by atoms with van der Waals surface area (Å²) in [6.07, 6.45) is 2.62. The van der Waals surface area contributed by atoms with Crippen LogP contribution in [0.25, 0.3) is 0 Å². The van der Waals surface area contributed by atoms with E-state index < -0.39 is 0 Å². The Labute approximate surface area is 89.7 Å². The Morgan fingerprint density at radius 1 is 1.57 bits per heavy atom. The minimum Gasteiger partial charge on any atom is -0.271 e. The molecule has 3 N–H and O–H groups in total. The first kappa shape index (κ1) is 11.2. The Bertz CT molecular complexity index is 303. The first-order chi connectivity index (χ1) is 6.67. The zero-order chi connectivity index (χ0) is 10.6. The lowest BCUT2D eigenvalue weighted by Crippen LogP contribution is -2.27. The molecule has 1 unspecified atom stereocenters. The normalized spacial score (nSPS) is 12.5. The molecule has 0 saturated heterocycles. The zero-order valence-corrected chi connectivity index (χ0v) is 9.01. The highest BCUT2D eigenvalue weighted by Crippen LogP contribution is 2.22. The number of rotatable bonds is 4. The van der Waals surface area contributed by atoms with E-state index in [1.165, 1.54) is 0 Å². The van der Waals surface area contributed by atoms with Crippen LogP contribution in [-0.2, 0) is 0 Å². The van der Waals surface area contributed by atoms with Gasteiger partial charge in [-0.05, 0) is 36.6 Å². The van der Waals surface area contributed by atoms with Crippen molar-refractivity contribution >= 4 is 11.6 Å². The van der Waals surface area contributed by atoms with Crippen molar-refractivity contribution in [2.24, 2.45) is 5.84 Å². The minimum atomic E-state index is 0.0879. The molecule has 0 bridgehead atoms. The van der Waals surface area contributed by atoms with Crippen LogP contribution in [0, 0.1) is 6.92 Å². The van der Waals surface area contributed by atoms with Gasteiger partial charge in [0.25, 0.3) is 0 Å². The maximum Gasteiger partial charge on any atom is 0.0494 e. The zero-order valence-electron chi connectivity index (χ0n) is 8.26. The number of halogens is 1. The largest absolute Gasteiger partial charge is 0.271 e. The van der Waals surface area contributed by atoms with E-state index in [4.69, 9.17) is 17.4 Å². The molecule has 14 heavy (non-hydrogen) atoms. The minimum absolute atomic E-state index is 0.0879. The van der Waals surface area contributed by atoms with Crippen molar-refractivity contribution < 1.29 is 0 Å². The fourth-order valence-corrected chi connectivity index (χ4v) is 1.73. The molecule has 3 heteroatoms. The van der Waals surface area contributed by atoms with Crippen LogP contribution in [0.2, 0.25) is 5.02 Å². The molecule has 0 heterocycles. The molecule has 0 aromatic heterocycles. The van der Waals surface area contributed by atoms with Crippen LogP contribution in [-0.4, -0.2) is 0 Å². The van der Waals surface area contributed by atoms with Crippen molar-refractivity contribution in [2.75, 3.05) is 0 Å². The Hall–Kier alpha value is -0.830. The smallest absolute Gasteiger partial charge is 0.0494 e. The Morgan fingerprint density at radius 2 is 2.29 bits per heavy atom. The average Bonchev–Trinajstić information content (AvgIpc) is 2.12. The number of hydrogen-bond acceptors (Lipinski definition) is 2. The van der Waals surface area contributed by atoms with Gasteiger partial charge in [0.1, 0.15) is 0 Å². The second-order valence-corrected chi connectivity index (χ2v) is 3.74. The van der Waals surface area contributed by atoms with Gasteiger partial charge in [-0.15, -0.1) is 6.58 Å². The Morgan fingerprint density at radius 3 is 2.79 bits per heavy atom. The highest BCUT2D eigenvalue weighted by atomic mass is 35.5. The molecule has 0 amide bonds. The van der Waals surface area contributed by atoms with E-state index in [9.17, 15) is 0 Å². The number of hydrazine groups is 1. The van der Waals surface area contributed by atoms with Crippen LogP contribution in [0.15, 0.2) is 30.9 Å². The van der Waals surface area contributed by atoms with Gasteiger partial charge in [0, 0.05) is 11.1 Å². The number of nitrogens with one attached hydrogen (secondary N) is 1. The fourth-order valence-electron chi connectivity index (χ4n) is 1.43. The van der Waals surface area contributed by atoms with Crippen molar-refractivity contribution in [2.45, 2.75) is 19.4 Å². The van der Waals surface area contributed by atoms with Crippen LogP contribution in [0.3, 0.4) is 0 Å². The summed E-state index contributed by atoms with van der Waals surface area (Å²) in [5.41, 5.74) is 4.97. The Balaban J connectivity index is 2.96. The van der Waals surface area contributed by atoms with Gasteiger partial charge in [0.15, 0.2) is 0 Å². The molecule has 2 nitrogen and oxygen atoms in total. The van der Waals surface area contributed by atoms with Gasteiger partial charge in [0.2, 0.25) is 0 Å². The molecule has 1 aromatic carbocycles. The van der Waals surface area contributed by atoms with Crippen molar-refractivity contribution in [1.82, 2.24) is 5.43 Å². The fraction of sp³-hybridized carbons (Fsp3) is 0.273. The highest BCUT2D eigenvalue weighted by Gasteiger charge is 2.08. The van der Waals surface area contributed by atoms with Crippen molar-refractivity contribution in [3.8, 4) is 0 Å². The van der Waals surface area contributed by atoms with Crippen molar-refractivity contribution in [3.63, 3.8) is 0 Å². The van der Waals surface area contributed by atoms with Gasteiger partial charge in [-0.2, -0.15) is 0 Å². The molecule has 1 rings (SSSR count). The second-order valence-electron chi connectivity index (χ2n) is 3.31. The lowest BCUT2D eigenvalue weighted by molar-refractivity contribution is 0.561. The predicted octanol–water partition coefficient (Wildman–Crippen LogP) is 2.73. The maximum absolute atomic E-state index is 5.96. The molecule has 0 aliphatic rings. The molecule has 1 atom stereocenters. The topological polar surface area (TPSA) is 38.0 Å². The number of aryl methyl sites for hydroxylation is 1. The average molecular weight is 211 g/mol. The molecule has 0 aliphatic carbocycles.